The van der Waals surface area contributed by atoms with Crippen molar-refractivity contribution >= 4 is 5.97 Å². The Morgan fingerprint density at radius 2 is 1.84 bits per heavy atom. The molecule has 0 radical (unpaired) electrons. The topological polar surface area (TPSA) is 35.5 Å². The Hall–Kier alpha value is -1.09. The van der Waals surface area contributed by atoms with Gasteiger partial charge in [0.25, 0.3) is 0 Å². The van der Waals surface area contributed by atoms with E-state index in [1.54, 1.807) is 6.08 Å². The Bertz CT molecular complexity index is 212. The van der Waals surface area contributed by atoms with E-state index in [1.165, 1.54) is 0 Å². The standard InChI is InChI=1S/C11H20O2.C5H10O/c1-3-5-6-7-8-9-11(12)13-10-4-2;1-3-5-6-4-2/h3H,1,4-10H2,2H3;3H,1,4-5H2,2H3. The monoisotopic (exact) mass is 270 g/mol. The highest BCUT2D eigenvalue weighted by atomic mass is 16.5. The molecule has 0 aliphatic rings. The van der Waals surface area contributed by atoms with E-state index in [1.807, 2.05) is 19.9 Å². The SMILES string of the molecule is C=CCCCCCC(=O)OCCC.C=CCOCC. The summed E-state index contributed by atoms with van der Waals surface area (Å²) in [6.45, 7) is 13.1. The maximum Gasteiger partial charge on any atom is 0.305 e. The minimum atomic E-state index is -0.0551. The van der Waals surface area contributed by atoms with Gasteiger partial charge in [-0.1, -0.05) is 25.5 Å². The first-order chi connectivity index (χ1) is 9.22. The molecule has 0 heterocycles. The van der Waals surface area contributed by atoms with Crippen molar-refractivity contribution in [3.8, 4) is 0 Å². The smallest absolute Gasteiger partial charge is 0.305 e. The number of carbonyl (C=O) groups excluding carboxylic acids is 1. The van der Waals surface area contributed by atoms with Crippen LogP contribution in [0.4, 0.5) is 0 Å². The summed E-state index contributed by atoms with van der Waals surface area (Å²) in [6.07, 6.45) is 9.33. The van der Waals surface area contributed by atoms with Crippen LogP contribution in [0.1, 0.15) is 52.4 Å². The van der Waals surface area contributed by atoms with E-state index in [4.69, 9.17) is 9.47 Å². The Morgan fingerprint density at radius 3 is 2.32 bits per heavy atom. The fraction of sp³-hybridized carbons (Fsp3) is 0.688. The predicted octanol–water partition coefficient (Wildman–Crippen LogP) is 4.29. The zero-order valence-electron chi connectivity index (χ0n) is 12.7. The van der Waals surface area contributed by atoms with Crippen molar-refractivity contribution in [3.63, 3.8) is 0 Å². The second-order valence-electron chi connectivity index (χ2n) is 4.06. The van der Waals surface area contributed by atoms with Gasteiger partial charge in [0.1, 0.15) is 0 Å². The zero-order valence-corrected chi connectivity index (χ0v) is 12.7. The Kier molecular flexibility index (Phi) is 20.5. The van der Waals surface area contributed by atoms with Crippen LogP contribution in [0.15, 0.2) is 25.3 Å². The van der Waals surface area contributed by atoms with Gasteiger partial charge in [0.05, 0.1) is 13.2 Å². The molecule has 0 atom stereocenters. The van der Waals surface area contributed by atoms with Gasteiger partial charge in [0, 0.05) is 13.0 Å². The third kappa shape index (κ3) is 22.6. The summed E-state index contributed by atoms with van der Waals surface area (Å²) in [6, 6.07) is 0. The molecule has 0 rings (SSSR count). The molecule has 19 heavy (non-hydrogen) atoms. The van der Waals surface area contributed by atoms with Crippen LogP contribution in [0.5, 0.6) is 0 Å². The van der Waals surface area contributed by atoms with Gasteiger partial charge in [-0.25, -0.2) is 0 Å². The molecule has 0 amide bonds. The Balaban J connectivity index is 0. The number of allylic oxidation sites excluding steroid dienone is 1. The van der Waals surface area contributed by atoms with Crippen LogP contribution in [0.25, 0.3) is 0 Å². The van der Waals surface area contributed by atoms with E-state index in [-0.39, 0.29) is 5.97 Å². The van der Waals surface area contributed by atoms with Gasteiger partial charge < -0.3 is 9.47 Å². The average Bonchev–Trinajstić information content (AvgIpc) is 2.43. The molecule has 0 N–H and O–H groups in total. The fourth-order valence-corrected chi connectivity index (χ4v) is 1.22. The average molecular weight is 270 g/mol. The maximum absolute atomic E-state index is 11.0. The van der Waals surface area contributed by atoms with Crippen molar-refractivity contribution in [3.05, 3.63) is 25.3 Å². The number of unbranched alkanes of at least 4 members (excludes halogenated alkanes) is 3. The molecule has 0 aliphatic heterocycles. The van der Waals surface area contributed by atoms with Crippen molar-refractivity contribution in [1.82, 2.24) is 0 Å². The first kappa shape index (κ1) is 20.2. The zero-order chi connectivity index (χ0) is 14.8. The van der Waals surface area contributed by atoms with E-state index in [0.29, 0.717) is 19.6 Å². The highest BCUT2D eigenvalue weighted by Crippen LogP contribution is 2.04. The quantitative estimate of drug-likeness (QED) is 0.319. The van der Waals surface area contributed by atoms with Crippen molar-refractivity contribution in [2.75, 3.05) is 19.8 Å². The minimum Gasteiger partial charge on any atom is -0.466 e. The highest BCUT2D eigenvalue weighted by Gasteiger charge is 2.00. The van der Waals surface area contributed by atoms with Gasteiger partial charge in [-0.2, -0.15) is 0 Å². The molecule has 112 valence electrons. The van der Waals surface area contributed by atoms with Gasteiger partial charge in [0.15, 0.2) is 0 Å². The van der Waals surface area contributed by atoms with Crippen LogP contribution in [-0.4, -0.2) is 25.8 Å². The summed E-state index contributed by atoms with van der Waals surface area (Å²) >= 11 is 0. The van der Waals surface area contributed by atoms with E-state index in [0.717, 1.165) is 38.7 Å². The van der Waals surface area contributed by atoms with Gasteiger partial charge >= 0.3 is 5.97 Å². The Labute approximate surface area is 118 Å². The molecule has 0 aliphatic carbocycles. The fourth-order valence-electron chi connectivity index (χ4n) is 1.22. The van der Waals surface area contributed by atoms with Crippen molar-refractivity contribution in [2.45, 2.75) is 52.4 Å². The van der Waals surface area contributed by atoms with Crippen LogP contribution in [0.3, 0.4) is 0 Å². The predicted molar refractivity (Wildman–Crippen MR) is 81.2 cm³/mol. The van der Waals surface area contributed by atoms with Crippen LogP contribution in [-0.2, 0) is 14.3 Å². The molecule has 0 saturated carbocycles. The summed E-state index contributed by atoms with van der Waals surface area (Å²) in [7, 11) is 0. The number of esters is 1. The third-order valence-corrected chi connectivity index (χ3v) is 2.20. The summed E-state index contributed by atoms with van der Waals surface area (Å²) in [4.78, 5) is 11.0. The molecule has 3 nitrogen and oxygen atoms in total. The number of carbonyl (C=O) groups is 1. The molecular formula is C16H30O3. The number of hydrogen-bond donors (Lipinski definition) is 0. The molecule has 0 aromatic heterocycles. The van der Waals surface area contributed by atoms with E-state index in [2.05, 4.69) is 13.2 Å². The molecular weight excluding hydrogens is 240 g/mol. The largest absolute Gasteiger partial charge is 0.466 e. The third-order valence-electron chi connectivity index (χ3n) is 2.20. The molecule has 0 unspecified atom stereocenters. The lowest BCUT2D eigenvalue weighted by Crippen LogP contribution is -2.04. The number of rotatable bonds is 11. The summed E-state index contributed by atoms with van der Waals surface area (Å²) < 4.78 is 9.80. The van der Waals surface area contributed by atoms with Crippen LogP contribution in [0.2, 0.25) is 0 Å². The van der Waals surface area contributed by atoms with Gasteiger partial charge in [-0.05, 0) is 32.6 Å². The summed E-state index contributed by atoms with van der Waals surface area (Å²) in [5.41, 5.74) is 0. The van der Waals surface area contributed by atoms with Crippen molar-refractivity contribution in [1.29, 1.82) is 0 Å². The van der Waals surface area contributed by atoms with Gasteiger partial charge in [-0.3, -0.25) is 4.79 Å². The molecule has 0 spiro atoms. The van der Waals surface area contributed by atoms with E-state index in [9.17, 15) is 4.79 Å². The van der Waals surface area contributed by atoms with Crippen LogP contribution in [0, 0.1) is 0 Å². The lowest BCUT2D eigenvalue weighted by Gasteiger charge is -2.01. The first-order valence-electron chi connectivity index (χ1n) is 7.18. The molecule has 0 aromatic carbocycles. The lowest BCUT2D eigenvalue weighted by atomic mass is 10.1. The second-order valence-corrected chi connectivity index (χ2v) is 4.06. The number of ether oxygens (including phenoxy) is 2. The normalized spacial score (nSPS) is 9.16. The molecule has 0 aromatic rings. The van der Waals surface area contributed by atoms with Gasteiger partial charge in [-0.15, -0.1) is 13.2 Å². The first-order valence-corrected chi connectivity index (χ1v) is 7.18. The minimum absolute atomic E-state index is 0.0551. The van der Waals surface area contributed by atoms with Crippen LogP contribution < -0.4 is 0 Å². The van der Waals surface area contributed by atoms with E-state index >= 15 is 0 Å². The Morgan fingerprint density at radius 1 is 1.11 bits per heavy atom. The van der Waals surface area contributed by atoms with Crippen molar-refractivity contribution < 1.29 is 14.3 Å². The van der Waals surface area contributed by atoms with E-state index < -0.39 is 0 Å². The second kappa shape index (κ2) is 19.3. The van der Waals surface area contributed by atoms with Crippen LogP contribution >= 0.6 is 0 Å². The molecule has 0 bridgehead atoms. The molecule has 0 saturated heterocycles. The van der Waals surface area contributed by atoms with Crippen molar-refractivity contribution in [2.24, 2.45) is 0 Å². The molecule has 3 heteroatoms. The van der Waals surface area contributed by atoms with Gasteiger partial charge in [0.2, 0.25) is 0 Å². The summed E-state index contributed by atoms with van der Waals surface area (Å²) in [5, 5.41) is 0. The lowest BCUT2D eigenvalue weighted by molar-refractivity contribution is -0.143. The molecule has 0 fully saturated rings. The highest BCUT2D eigenvalue weighted by molar-refractivity contribution is 5.69. The number of hydrogen-bond acceptors (Lipinski definition) is 3. The summed E-state index contributed by atoms with van der Waals surface area (Å²) in [5.74, 6) is -0.0551. The maximum atomic E-state index is 11.0.